The number of alkyl halides is 2. The average Bonchev–Trinajstić information content (AvgIpc) is 2.27. The van der Waals surface area contributed by atoms with Gasteiger partial charge in [0.15, 0.2) is 0 Å². The lowest BCUT2D eigenvalue weighted by Crippen LogP contribution is -2.10. The predicted molar refractivity (Wildman–Crippen MR) is 57.6 cm³/mol. The van der Waals surface area contributed by atoms with Crippen LogP contribution < -0.4 is 0 Å². The highest BCUT2D eigenvalue weighted by molar-refractivity contribution is 9.10. The smallest absolute Gasteiger partial charge is 0.340 e. The highest BCUT2D eigenvalue weighted by Gasteiger charge is 2.24. The molecule has 90 valence electrons. The Morgan fingerprint density at radius 2 is 2.35 bits per heavy atom. The molecule has 0 aromatic carbocycles. The molecule has 0 unspecified atom stereocenters. The van der Waals surface area contributed by atoms with Crippen LogP contribution in [0.5, 0.6) is 0 Å². The molecule has 1 heterocycles. The molecule has 0 radical (unpaired) electrons. The van der Waals surface area contributed by atoms with Crippen LogP contribution in [0, 0.1) is 11.3 Å². The van der Waals surface area contributed by atoms with E-state index in [0.29, 0.717) is 0 Å². The summed E-state index contributed by atoms with van der Waals surface area (Å²) in [5, 5.41) is 8.78. The summed E-state index contributed by atoms with van der Waals surface area (Å²) in [7, 11) is 0. The van der Waals surface area contributed by atoms with E-state index < -0.39 is 18.1 Å². The van der Waals surface area contributed by atoms with E-state index in [1.54, 1.807) is 13.0 Å². The van der Waals surface area contributed by atoms with Gasteiger partial charge in [0, 0.05) is 6.20 Å². The second-order valence-corrected chi connectivity index (χ2v) is 3.67. The number of esters is 1. The first-order valence-corrected chi connectivity index (χ1v) is 5.36. The van der Waals surface area contributed by atoms with Crippen LogP contribution in [-0.2, 0) is 4.74 Å². The van der Waals surface area contributed by atoms with Crippen molar-refractivity contribution in [1.29, 1.82) is 5.26 Å². The standard InChI is InChI=1S/C10H7BrF2N2O2/c1-2-17-10(16)6-5(3-14)4-15-8(7(6)11)9(12)13/h4,9H,2H2,1H3. The molecule has 17 heavy (non-hydrogen) atoms. The number of halogens is 3. The topological polar surface area (TPSA) is 63.0 Å². The molecule has 4 nitrogen and oxygen atoms in total. The summed E-state index contributed by atoms with van der Waals surface area (Å²) < 4.78 is 29.6. The molecule has 0 bridgehead atoms. The molecule has 0 fully saturated rings. The Hall–Kier alpha value is -1.55. The third-order valence-corrected chi connectivity index (χ3v) is 2.66. The summed E-state index contributed by atoms with van der Waals surface area (Å²) in [6.45, 7) is 1.66. The zero-order chi connectivity index (χ0) is 13.0. The van der Waals surface area contributed by atoms with Crippen molar-refractivity contribution in [2.45, 2.75) is 13.3 Å². The summed E-state index contributed by atoms with van der Waals surface area (Å²) in [6, 6.07) is 1.70. The van der Waals surface area contributed by atoms with E-state index in [0.717, 1.165) is 6.20 Å². The summed E-state index contributed by atoms with van der Waals surface area (Å²) >= 11 is 2.85. The normalized spacial score (nSPS) is 10.1. The fourth-order valence-corrected chi connectivity index (χ4v) is 1.79. The highest BCUT2D eigenvalue weighted by atomic mass is 79.9. The van der Waals surface area contributed by atoms with Crippen LogP contribution in [-0.4, -0.2) is 17.6 Å². The largest absolute Gasteiger partial charge is 0.462 e. The molecule has 0 saturated carbocycles. The first kappa shape index (κ1) is 13.5. The van der Waals surface area contributed by atoms with Gasteiger partial charge in [-0.2, -0.15) is 5.26 Å². The van der Waals surface area contributed by atoms with Crippen molar-refractivity contribution in [3.8, 4) is 6.07 Å². The maximum absolute atomic E-state index is 12.6. The van der Waals surface area contributed by atoms with Gasteiger partial charge in [-0.3, -0.25) is 4.98 Å². The maximum atomic E-state index is 12.6. The average molecular weight is 305 g/mol. The lowest BCUT2D eigenvalue weighted by molar-refractivity contribution is 0.0524. The zero-order valence-corrected chi connectivity index (χ0v) is 10.3. The number of nitrogens with zero attached hydrogens (tertiary/aromatic N) is 2. The monoisotopic (exact) mass is 304 g/mol. The Morgan fingerprint density at radius 1 is 1.71 bits per heavy atom. The van der Waals surface area contributed by atoms with Gasteiger partial charge in [-0.25, -0.2) is 13.6 Å². The molecule has 0 aliphatic carbocycles. The number of aromatic nitrogens is 1. The quantitative estimate of drug-likeness (QED) is 0.806. The third kappa shape index (κ3) is 2.77. The van der Waals surface area contributed by atoms with Gasteiger partial charge in [0.05, 0.1) is 22.2 Å². The maximum Gasteiger partial charge on any atom is 0.340 e. The number of rotatable bonds is 3. The number of hydrogen-bond donors (Lipinski definition) is 0. The van der Waals surface area contributed by atoms with E-state index in [1.807, 2.05) is 0 Å². The van der Waals surface area contributed by atoms with Crippen molar-refractivity contribution in [2.75, 3.05) is 6.61 Å². The van der Waals surface area contributed by atoms with Crippen LogP contribution >= 0.6 is 15.9 Å². The van der Waals surface area contributed by atoms with E-state index in [1.165, 1.54) is 0 Å². The van der Waals surface area contributed by atoms with Crippen LogP contribution in [0.3, 0.4) is 0 Å². The van der Waals surface area contributed by atoms with Gasteiger partial charge in [-0.1, -0.05) is 0 Å². The second-order valence-electron chi connectivity index (χ2n) is 2.88. The number of hydrogen-bond acceptors (Lipinski definition) is 4. The van der Waals surface area contributed by atoms with Crippen molar-refractivity contribution in [2.24, 2.45) is 0 Å². The molecule has 1 rings (SSSR count). The Kier molecular flexibility index (Phi) is 4.52. The molecule has 0 saturated heterocycles. The number of carbonyl (C=O) groups is 1. The van der Waals surface area contributed by atoms with E-state index >= 15 is 0 Å². The lowest BCUT2D eigenvalue weighted by atomic mass is 10.1. The number of ether oxygens (including phenoxy) is 1. The number of nitriles is 1. The molecule has 1 aromatic heterocycles. The van der Waals surface area contributed by atoms with E-state index in [2.05, 4.69) is 20.9 Å². The second kappa shape index (κ2) is 5.68. The summed E-state index contributed by atoms with van der Waals surface area (Å²) in [4.78, 5) is 15.0. The SMILES string of the molecule is CCOC(=O)c1c(C#N)cnc(C(F)F)c1Br. The molecule has 1 aromatic rings. The minimum atomic E-state index is -2.84. The molecular formula is C10H7BrF2N2O2. The molecule has 0 aliphatic heterocycles. The summed E-state index contributed by atoms with van der Waals surface area (Å²) in [6.07, 6.45) is -1.91. The molecule has 7 heteroatoms. The van der Waals surface area contributed by atoms with Gasteiger partial charge >= 0.3 is 5.97 Å². The van der Waals surface area contributed by atoms with E-state index in [-0.39, 0.29) is 22.2 Å². The van der Waals surface area contributed by atoms with Gasteiger partial charge in [0.1, 0.15) is 11.8 Å². The Balaban J connectivity index is 3.39. The van der Waals surface area contributed by atoms with Crippen molar-refractivity contribution in [1.82, 2.24) is 4.98 Å². The van der Waals surface area contributed by atoms with Crippen molar-refractivity contribution < 1.29 is 18.3 Å². The Bertz CT molecular complexity index is 486. The zero-order valence-electron chi connectivity index (χ0n) is 8.71. The Labute approximate surface area is 104 Å². The van der Waals surface area contributed by atoms with Gasteiger partial charge in [-0.05, 0) is 22.9 Å². The summed E-state index contributed by atoms with van der Waals surface area (Å²) in [5.41, 5.74) is -0.925. The molecular weight excluding hydrogens is 298 g/mol. The predicted octanol–water partition coefficient (Wildman–Crippen LogP) is 2.83. The fraction of sp³-hybridized carbons (Fsp3) is 0.300. The lowest BCUT2D eigenvalue weighted by Gasteiger charge is -2.09. The molecule has 0 aliphatic rings. The van der Waals surface area contributed by atoms with E-state index in [4.69, 9.17) is 10.00 Å². The van der Waals surface area contributed by atoms with Crippen LogP contribution in [0.4, 0.5) is 8.78 Å². The third-order valence-electron chi connectivity index (χ3n) is 1.85. The van der Waals surface area contributed by atoms with Gasteiger partial charge < -0.3 is 4.74 Å². The molecule has 0 amide bonds. The first-order valence-electron chi connectivity index (χ1n) is 4.56. The number of carbonyl (C=O) groups excluding carboxylic acids is 1. The van der Waals surface area contributed by atoms with Crippen LogP contribution in [0.1, 0.15) is 35.0 Å². The molecule has 0 spiro atoms. The minimum Gasteiger partial charge on any atom is -0.462 e. The van der Waals surface area contributed by atoms with E-state index in [9.17, 15) is 13.6 Å². The summed E-state index contributed by atoms with van der Waals surface area (Å²) in [5.74, 6) is -0.833. The first-order chi connectivity index (χ1) is 8.02. The molecule has 0 atom stereocenters. The molecule has 0 N–H and O–H groups in total. The van der Waals surface area contributed by atoms with Crippen LogP contribution in [0.15, 0.2) is 10.7 Å². The van der Waals surface area contributed by atoms with Crippen LogP contribution in [0.2, 0.25) is 0 Å². The number of pyridine rings is 1. The minimum absolute atomic E-state index is 0.0858. The van der Waals surface area contributed by atoms with Crippen molar-refractivity contribution >= 4 is 21.9 Å². The van der Waals surface area contributed by atoms with Crippen molar-refractivity contribution in [3.63, 3.8) is 0 Å². The van der Waals surface area contributed by atoms with Gasteiger partial charge in [-0.15, -0.1) is 0 Å². The van der Waals surface area contributed by atoms with Crippen molar-refractivity contribution in [3.05, 3.63) is 27.5 Å². The Morgan fingerprint density at radius 3 is 2.82 bits per heavy atom. The van der Waals surface area contributed by atoms with Gasteiger partial charge in [0.2, 0.25) is 0 Å². The van der Waals surface area contributed by atoms with Crippen LogP contribution in [0.25, 0.3) is 0 Å². The highest BCUT2D eigenvalue weighted by Crippen LogP contribution is 2.30. The van der Waals surface area contributed by atoms with Gasteiger partial charge in [0.25, 0.3) is 6.43 Å². The fourth-order valence-electron chi connectivity index (χ4n) is 1.14.